The van der Waals surface area contributed by atoms with Gasteiger partial charge >= 0.3 is 0 Å². The summed E-state index contributed by atoms with van der Waals surface area (Å²) < 4.78 is 0. The van der Waals surface area contributed by atoms with Crippen molar-refractivity contribution in [2.75, 3.05) is 18.5 Å². The molecule has 0 aliphatic rings. The second kappa shape index (κ2) is 15.5. The van der Waals surface area contributed by atoms with E-state index >= 15 is 0 Å². The SMILES string of the molecule is CCCCCCCCCCP(CCC)CCCC. The Morgan fingerprint density at radius 3 is 1.50 bits per heavy atom. The van der Waals surface area contributed by atoms with E-state index in [2.05, 4.69) is 20.8 Å². The molecule has 0 saturated carbocycles. The number of unbranched alkanes of at least 4 members (excludes halogenated alkanes) is 8. The molecule has 1 heteroatoms. The lowest BCUT2D eigenvalue weighted by molar-refractivity contribution is 0.586. The topological polar surface area (TPSA) is 0 Å². The fourth-order valence-corrected chi connectivity index (χ4v) is 5.24. The van der Waals surface area contributed by atoms with Crippen LogP contribution in [0.2, 0.25) is 0 Å². The molecule has 1 atom stereocenters. The van der Waals surface area contributed by atoms with Crippen molar-refractivity contribution in [1.82, 2.24) is 0 Å². The first-order chi connectivity index (χ1) is 8.85. The molecule has 0 radical (unpaired) electrons. The molecule has 0 aliphatic heterocycles. The van der Waals surface area contributed by atoms with Gasteiger partial charge in [-0.15, -0.1) is 7.92 Å². The summed E-state index contributed by atoms with van der Waals surface area (Å²) >= 11 is 0. The molecule has 0 fully saturated rings. The largest absolute Gasteiger partial charge is 0.107 e. The average molecular weight is 272 g/mol. The van der Waals surface area contributed by atoms with Gasteiger partial charge in [0.05, 0.1) is 0 Å². The Balaban J connectivity index is 3.31. The summed E-state index contributed by atoms with van der Waals surface area (Å²) in [6.07, 6.45) is 20.7. The first-order valence-electron chi connectivity index (χ1n) is 8.57. The van der Waals surface area contributed by atoms with Crippen LogP contribution in [-0.4, -0.2) is 18.5 Å². The van der Waals surface area contributed by atoms with E-state index in [1.54, 1.807) is 12.3 Å². The number of hydrogen-bond acceptors (Lipinski definition) is 0. The molecule has 110 valence electrons. The van der Waals surface area contributed by atoms with Gasteiger partial charge in [-0.1, -0.05) is 78.6 Å². The normalized spacial score (nSPS) is 12.8. The molecule has 0 saturated heterocycles. The monoisotopic (exact) mass is 272 g/mol. The quantitative estimate of drug-likeness (QED) is 0.240. The lowest BCUT2D eigenvalue weighted by atomic mass is 10.1. The van der Waals surface area contributed by atoms with Crippen LogP contribution in [0.25, 0.3) is 0 Å². The second-order valence-electron chi connectivity index (χ2n) is 5.67. The van der Waals surface area contributed by atoms with Gasteiger partial charge in [-0.05, 0) is 31.3 Å². The Morgan fingerprint density at radius 1 is 0.444 bits per heavy atom. The molecular formula is C17H37P. The highest BCUT2D eigenvalue weighted by Gasteiger charge is 2.05. The third kappa shape index (κ3) is 12.9. The van der Waals surface area contributed by atoms with E-state index in [0.29, 0.717) is 7.92 Å². The molecule has 0 heterocycles. The van der Waals surface area contributed by atoms with Crippen molar-refractivity contribution in [2.45, 2.75) is 91.4 Å². The molecule has 18 heavy (non-hydrogen) atoms. The van der Waals surface area contributed by atoms with Crippen LogP contribution in [0.3, 0.4) is 0 Å². The Labute approximate surface area is 118 Å². The predicted octanol–water partition coefficient (Wildman–Crippen LogP) is 6.82. The van der Waals surface area contributed by atoms with E-state index in [4.69, 9.17) is 0 Å². The first-order valence-corrected chi connectivity index (χ1v) is 10.5. The van der Waals surface area contributed by atoms with Crippen molar-refractivity contribution in [3.05, 3.63) is 0 Å². The van der Waals surface area contributed by atoms with Gasteiger partial charge < -0.3 is 0 Å². The third-order valence-electron chi connectivity index (χ3n) is 3.70. The maximum Gasteiger partial charge on any atom is -0.0326 e. The second-order valence-corrected chi connectivity index (χ2v) is 8.35. The van der Waals surface area contributed by atoms with Crippen LogP contribution in [0, 0.1) is 0 Å². The molecule has 0 aliphatic carbocycles. The molecule has 0 aromatic heterocycles. The number of hydrogen-bond donors (Lipinski definition) is 0. The van der Waals surface area contributed by atoms with Gasteiger partial charge in [-0.2, -0.15) is 0 Å². The molecule has 0 spiro atoms. The van der Waals surface area contributed by atoms with Crippen LogP contribution < -0.4 is 0 Å². The molecule has 0 nitrogen and oxygen atoms in total. The molecule has 0 N–H and O–H groups in total. The zero-order valence-electron chi connectivity index (χ0n) is 13.3. The highest BCUT2D eigenvalue weighted by atomic mass is 31.1. The predicted molar refractivity (Wildman–Crippen MR) is 89.3 cm³/mol. The fourth-order valence-electron chi connectivity index (χ4n) is 2.50. The average Bonchev–Trinajstić information content (AvgIpc) is 2.39. The van der Waals surface area contributed by atoms with Gasteiger partial charge in [-0.3, -0.25) is 0 Å². The summed E-state index contributed by atoms with van der Waals surface area (Å²) in [6, 6.07) is 0. The Hall–Kier alpha value is 0.430. The van der Waals surface area contributed by atoms with Gasteiger partial charge in [0, 0.05) is 0 Å². The number of rotatable bonds is 14. The van der Waals surface area contributed by atoms with E-state index in [1.807, 2.05) is 0 Å². The highest BCUT2D eigenvalue weighted by molar-refractivity contribution is 7.57. The van der Waals surface area contributed by atoms with E-state index < -0.39 is 0 Å². The minimum Gasteiger partial charge on any atom is -0.107 e. The van der Waals surface area contributed by atoms with Gasteiger partial charge in [0.2, 0.25) is 0 Å². The summed E-state index contributed by atoms with van der Waals surface area (Å²) in [5.74, 6) is 0. The zero-order valence-corrected chi connectivity index (χ0v) is 14.2. The lowest BCUT2D eigenvalue weighted by Gasteiger charge is -2.16. The van der Waals surface area contributed by atoms with Gasteiger partial charge in [-0.25, -0.2) is 0 Å². The van der Waals surface area contributed by atoms with Crippen molar-refractivity contribution in [1.29, 1.82) is 0 Å². The Bertz CT molecular complexity index is 145. The smallest absolute Gasteiger partial charge is 0.0326 e. The Morgan fingerprint density at radius 2 is 0.944 bits per heavy atom. The van der Waals surface area contributed by atoms with Crippen LogP contribution in [-0.2, 0) is 0 Å². The molecule has 1 unspecified atom stereocenters. The summed E-state index contributed by atoms with van der Waals surface area (Å²) in [5, 5.41) is 0. The molecular weight excluding hydrogens is 235 g/mol. The third-order valence-corrected chi connectivity index (χ3v) is 6.67. The van der Waals surface area contributed by atoms with Gasteiger partial charge in [0.25, 0.3) is 0 Å². The zero-order chi connectivity index (χ0) is 13.5. The van der Waals surface area contributed by atoms with Crippen LogP contribution in [0.5, 0.6) is 0 Å². The standard InChI is InChI=1S/C17H37P/c1-4-7-9-10-11-12-13-14-17-18(15-6-3)16-8-5-2/h4-17H2,1-3H3. The van der Waals surface area contributed by atoms with Crippen LogP contribution in [0.4, 0.5) is 0 Å². The van der Waals surface area contributed by atoms with Crippen molar-refractivity contribution in [3.8, 4) is 0 Å². The summed E-state index contributed by atoms with van der Waals surface area (Å²) in [6.45, 7) is 6.98. The minimum atomic E-state index is 0.403. The summed E-state index contributed by atoms with van der Waals surface area (Å²) in [5.41, 5.74) is 0. The van der Waals surface area contributed by atoms with Crippen LogP contribution in [0.1, 0.15) is 91.4 Å². The van der Waals surface area contributed by atoms with E-state index in [9.17, 15) is 0 Å². The van der Waals surface area contributed by atoms with Gasteiger partial charge in [0.15, 0.2) is 0 Å². The Kier molecular flexibility index (Phi) is 15.9. The molecule has 0 rings (SSSR count). The summed E-state index contributed by atoms with van der Waals surface area (Å²) in [4.78, 5) is 0. The van der Waals surface area contributed by atoms with Gasteiger partial charge in [0.1, 0.15) is 0 Å². The lowest BCUT2D eigenvalue weighted by Crippen LogP contribution is -1.95. The molecule has 0 amide bonds. The fraction of sp³-hybridized carbons (Fsp3) is 1.00. The van der Waals surface area contributed by atoms with E-state index in [0.717, 1.165) is 0 Å². The maximum atomic E-state index is 2.36. The molecule has 0 aromatic carbocycles. The van der Waals surface area contributed by atoms with E-state index in [1.165, 1.54) is 76.8 Å². The summed E-state index contributed by atoms with van der Waals surface area (Å²) in [7, 11) is 0.403. The highest BCUT2D eigenvalue weighted by Crippen LogP contribution is 2.38. The van der Waals surface area contributed by atoms with Crippen LogP contribution in [0.15, 0.2) is 0 Å². The van der Waals surface area contributed by atoms with Crippen molar-refractivity contribution in [3.63, 3.8) is 0 Å². The van der Waals surface area contributed by atoms with Crippen molar-refractivity contribution < 1.29 is 0 Å². The molecule has 0 bridgehead atoms. The maximum absolute atomic E-state index is 2.36. The van der Waals surface area contributed by atoms with Crippen LogP contribution >= 0.6 is 7.92 Å². The first kappa shape index (κ1) is 18.4. The molecule has 0 aromatic rings. The van der Waals surface area contributed by atoms with Crippen molar-refractivity contribution >= 4 is 7.92 Å². The minimum absolute atomic E-state index is 0.403. The van der Waals surface area contributed by atoms with Crippen molar-refractivity contribution in [2.24, 2.45) is 0 Å². The van der Waals surface area contributed by atoms with E-state index in [-0.39, 0.29) is 0 Å².